The third kappa shape index (κ3) is 2.85. The van der Waals surface area contributed by atoms with Crippen LogP contribution in [-0.2, 0) is 17.7 Å². The Morgan fingerprint density at radius 2 is 1.20 bits per heavy atom. The predicted molar refractivity (Wildman–Crippen MR) is 99.0 cm³/mol. The highest BCUT2D eigenvalue weighted by atomic mass is 33.2. The minimum absolute atomic E-state index is 0.133. The lowest BCUT2D eigenvalue weighted by molar-refractivity contribution is 0.582. The van der Waals surface area contributed by atoms with Gasteiger partial charge >= 0.3 is 0 Å². The molecule has 25 heavy (non-hydrogen) atoms. The third-order valence-electron chi connectivity index (χ3n) is 4.15. The van der Waals surface area contributed by atoms with Gasteiger partial charge < -0.3 is 0 Å². The van der Waals surface area contributed by atoms with Crippen molar-refractivity contribution in [3.63, 3.8) is 0 Å². The van der Waals surface area contributed by atoms with E-state index < -0.39 is 17.7 Å². The molecule has 0 saturated heterocycles. The van der Waals surface area contributed by atoms with E-state index >= 15 is 0 Å². The first-order chi connectivity index (χ1) is 11.6. The van der Waals surface area contributed by atoms with Crippen LogP contribution in [0.4, 0.5) is 0 Å². The summed E-state index contributed by atoms with van der Waals surface area (Å²) in [6.07, 6.45) is 0. The predicted octanol–water partition coefficient (Wildman–Crippen LogP) is 3.93. The number of hydrogen-bond acceptors (Lipinski definition) is 4. The van der Waals surface area contributed by atoms with Crippen LogP contribution in [0.1, 0.15) is 16.7 Å². The van der Waals surface area contributed by atoms with E-state index in [4.69, 9.17) is 0 Å². The molecule has 0 fully saturated rings. The zero-order valence-electron chi connectivity index (χ0n) is 14.1. The summed E-state index contributed by atoms with van der Waals surface area (Å²) in [6, 6.07) is 14.9. The Balaban J connectivity index is 2.25. The van der Waals surface area contributed by atoms with E-state index in [1.54, 1.807) is 44.2 Å². The summed E-state index contributed by atoms with van der Waals surface area (Å²) < 4.78 is 51.7. The van der Waals surface area contributed by atoms with E-state index in [9.17, 15) is 16.8 Å². The van der Waals surface area contributed by atoms with E-state index in [0.717, 1.165) is 10.9 Å². The van der Waals surface area contributed by atoms with E-state index in [1.165, 1.54) is 12.1 Å². The second-order valence-corrected chi connectivity index (χ2v) is 11.5. The molecule has 0 unspecified atom stereocenters. The molecule has 6 heteroatoms. The molecule has 0 saturated carbocycles. The van der Waals surface area contributed by atoms with Crippen LogP contribution in [-0.4, -0.2) is 16.8 Å². The van der Waals surface area contributed by atoms with Crippen molar-refractivity contribution >= 4 is 28.5 Å². The van der Waals surface area contributed by atoms with Crippen molar-refractivity contribution < 1.29 is 16.8 Å². The first kappa shape index (κ1) is 17.6. The molecule has 0 amide bonds. The number of hydrogen-bond donors (Lipinski definition) is 0. The van der Waals surface area contributed by atoms with Crippen molar-refractivity contribution in [3.8, 4) is 0 Å². The van der Waals surface area contributed by atoms with Gasteiger partial charge in [0.25, 0.3) is 17.7 Å². The summed E-state index contributed by atoms with van der Waals surface area (Å²) in [5, 5.41) is 1.53. The Bertz CT molecular complexity index is 1170. The molecule has 0 heterocycles. The standard InChI is InChI=1S/C19H18O4S2/c1-13-10-14(2)19(15(3)11-13)25(22,23)24(20,21)18-9-8-16-6-4-5-7-17(16)12-18/h4-12H,1-3H3. The lowest BCUT2D eigenvalue weighted by atomic mass is 10.1. The Hall–Kier alpha value is -2.18. The lowest BCUT2D eigenvalue weighted by Gasteiger charge is -2.13. The molecule has 4 nitrogen and oxygen atoms in total. The molecule has 0 radical (unpaired) electrons. The van der Waals surface area contributed by atoms with Gasteiger partial charge in [-0.15, -0.1) is 0 Å². The average molecular weight is 374 g/mol. The van der Waals surface area contributed by atoms with Crippen LogP contribution in [0.25, 0.3) is 10.8 Å². The molecule has 3 rings (SSSR count). The zero-order valence-corrected chi connectivity index (χ0v) is 15.8. The highest BCUT2D eigenvalue weighted by Crippen LogP contribution is 2.31. The molecule has 3 aromatic carbocycles. The van der Waals surface area contributed by atoms with Crippen molar-refractivity contribution in [3.05, 3.63) is 71.3 Å². The minimum atomic E-state index is -4.57. The van der Waals surface area contributed by atoms with Crippen molar-refractivity contribution in [2.24, 2.45) is 0 Å². The Morgan fingerprint density at radius 1 is 0.640 bits per heavy atom. The Kier molecular flexibility index (Phi) is 4.21. The normalized spacial score (nSPS) is 12.4. The molecular formula is C19H18O4S2. The molecule has 0 aromatic heterocycles. The van der Waals surface area contributed by atoms with Crippen molar-refractivity contribution in [1.29, 1.82) is 0 Å². The van der Waals surface area contributed by atoms with E-state index in [-0.39, 0.29) is 9.79 Å². The van der Waals surface area contributed by atoms with Gasteiger partial charge in [-0.25, -0.2) is 16.8 Å². The maximum atomic E-state index is 13.0. The second-order valence-electron chi connectivity index (χ2n) is 6.15. The molecule has 0 atom stereocenters. The second kappa shape index (κ2) is 5.97. The third-order valence-corrected chi connectivity index (χ3v) is 9.52. The number of aryl methyl sites for hydroxylation is 3. The van der Waals surface area contributed by atoms with Gasteiger partial charge in [-0.1, -0.05) is 48.0 Å². The first-order valence-corrected chi connectivity index (χ1v) is 11.2. The van der Waals surface area contributed by atoms with Crippen LogP contribution in [0.15, 0.2) is 64.4 Å². The molecular weight excluding hydrogens is 356 g/mol. The van der Waals surface area contributed by atoms with Gasteiger partial charge in [0, 0.05) is 0 Å². The topological polar surface area (TPSA) is 68.3 Å². The van der Waals surface area contributed by atoms with Crippen molar-refractivity contribution in [1.82, 2.24) is 0 Å². The van der Waals surface area contributed by atoms with Crippen LogP contribution < -0.4 is 0 Å². The maximum absolute atomic E-state index is 13.0. The Morgan fingerprint density at radius 3 is 1.80 bits per heavy atom. The Labute approximate surface area is 147 Å². The smallest absolute Gasteiger partial charge is 0.207 e. The zero-order chi connectivity index (χ0) is 18.4. The number of benzene rings is 3. The van der Waals surface area contributed by atoms with Gasteiger partial charge in [-0.3, -0.25) is 0 Å². The van der Waals surface area contributed by atoms with Gasteiger partial charge in [-0.05, 0) is 54.8 Å². The molecule has 0 N–H and O–H groups in total. The molecule has 0 aliphatic carbocycles. The van der Waals surface area contributed by atoms with Crippen molar-refractivity contribution in [2.45, 2.75) is 30.6 Å². The molecule has 0 bridgehead atoms. The highest BCUT2D eigenvalue weighted by molar-refractivity contribution is 8.67. The fourth-order valence-electron chi connectivity index (χ4n) is 3.12. The summed E-state index contributed by atoms with van der Waals surface area (Å²) in [6.45, 7) is 5.07. The van der Waals surface area contributed by atoms with Gasteiger partial charge in [-0.2, -0.15) is 0 Å². The maximum Gasteiger partial charge on any atom is 0.286 e. The van der Waals surface area contributed by atoms with Crippen molar-refractivity contribution in [2.75, 3.05) is 0 Å². The van der Waals surface area contributed by atoms with Crippen LogP contribution in [0.3, 0.4) is 0 Å². The molecule has 0 aliphatic heterocycles. The molecule has 3 aromatic rings. The van der Waals surface area contributed by atoms with E-state index in [1.807, 2.05) is 19.1 Å². The van der Waals surface area contributed by atoms with Crippen LogP contribution in [0, 0.1) is 20.8 Å². The monoisotopic (exact) mass is 374 g/mol. The minimum Gasteiger partial charge on any atom is -0.207 e. The largest absolute Gasteiger partial charge is 0.286 e. The molecule has 130 valence electrons. The summed E-state index contributed by atoms with van der Waals surface area (Å²) in [4.78, 5) is -0.350. The highest BCUT2D eigenvalue weighted by Gasteiger charge is 2.36. The average Bonchev–Trinajstić information content (AvgIpc) is 2.52. The fourth-order valence-corrected chi connectivity index (χ4v) is 7.52. The lowest BCUT2D eigenvalue weighted by Crippen LogP contribution is -2.18. The van der Waals surface area contributed by atoms with Crippen LogP contribution >= 0.6 is 0 Å². The molecule has 0 spiro atoms. The number of rotatable bonds is 3. The SMILES string of the molecule is Cc1cc(C)c(S(=O)(=O)S(=O)(=O)c2ccc3ccccc3c2)c(C)c1. The van der Waals surface area contributed by atoms with Crippen LogP contribution in [0.2, 0.25) is 0 Å². The van der Waals surface area contributed by atoms with E-state index in [2.05, 4.69) is 0 Å². The van der Waals surface area contributed by atoms with Gasteiger partial charge in [0.2, 0.25) is 0 Å². The molecule has 0 aliphatic rings. The summed E-state index contributed by atoms with van der Waals surface area (Å²) in [5.74, 6) is 0. The summed E-state index contributed by atoms with van der Waals surface area (Å²) in [7, 11) is -9.13. The quantitative estimate of drug-likeness (QED) is 0.652. The van der Waals surface area contributed by atoms with Crippen LogP contribution in [0.5, 0.6) is 0 Å². The first-order valence-electron chi connectivity index (χ1n) is 7.71. The number of fused-ring (bicyclic) bond motifs is 1. The fraction of sp³-hybridized carbons (Fsp3) is 0.158. The van der Waals surface area contributed by atoms with Gasteiger partial charge in [0.05, 0.1) is 9.79 Å². The van der Waals surface area contributed by atoms with E-state index in [0.29, 0.717) is 16.5 Å². The van der Waals surface area contributed by atoms with Gasteiger partial charge in [0.15, 0.2) is 0 Å². The summed E-state index contributed by atoms with van der Waals surface area (Å²) >= 11 is 0. The van der Waals surface area contributed by atoms with Gasteiger partial charge in [0.1, 0.15) is 0 Å². The summed E-state index contributed by atoms with van der Waals surface area (Å²) in [5.41, 5.74) is 1.75.